The minimum atomic E-state index is -0.818. The highest BCUT2D eigenvalue weighted by molar-refractivity contribution is 5.81. The van der Waals surface area contributed by atoms with Crippen molar-refractivity contribution in [3.8, 4) is 11.1 Å². The number of benzene rings is 2. The molecule has 2 aliphatic carbocycles. The summed E-state index contributed by atoms with van der Waals surface area (Å²) < 4.78 is 5.50. The number of alkyl carbamates (subject to hydrolysis) is 1. The van der Waals surface area contributed by atoms with E-state index < -0.39 is 18.0 Å². The summed E-state index contributed by atoms with van der Waals surface area (Å²) >= 11 is 0. The first-order chi connectivity index (χ1) is 16.0. The molecule has 2 aromatic rings. The molecule has 1 saturated heterocycles. The van der Waals surface area contributed by atoms with Crippen LogP contribution in [0.15, 0.2) is 48.5 Å². The lowest BCUT2D eigenvalue weighted by atomic mass is 9.63. The van der Waals surface area contributed by atoms with Gasteiger partial charge in [0.15, 0.2) is 0 Å². The summed E-state index contributed by atoms with van der Waals surface area (Å²) in [6.07, 6.45) is 2.34. The molecule has 7 nitrogen and oxygen atoms in total. The van der Waals surface area contributed by atoms with Gasteiger partial charge in [0.1, 0.15) is 6.61 Å². The summed E-state index contributed by atoms with van der Waals surface area (Å²) in [7, 11) is 0. The summed E-state index contributed by atoms with van der Waals surface area (Å²) in [4.78, 5) is 38.2. The third-order valence-corrected chi connectivity index (χ3v) is 7.60. The van der Waals surface area contributed by atoms with Crippen LogP contribution >= 0.6 is 0 Å². The van der Waals surface area contributed by atoms with Crippen LogP contribution in [0.3, 0.4) is 0 Å². The van der Waals surface area contributed by atoms with Crippen LogP contribution in [-0.2, 0) is 14.3 Å². The number of aliphatic carboxylic acids is 1. The van der Waals surface area contributed by atoms with E-state index in [1.807, 2.05) is 24.3 Å². The van der Waals surface area contributed by atoms with Gasteiger partial charge >= 0.3 is 12.1 Å². The molecule has 172 valence electrons. The summed E-state index contributed by atoms with van der Waals surface area (Å²) in [6.45, 7) is 1.16. The van der Waals surface area contributed by atoms with Gasteiger partial charge in [-0.05, 0) is 35.1 Å². The van der Waals surface area contributed by atoms with Crippen molar-refractivity contribution in [1.29, 1.82) is 0 Å². The summed E-state index contributed by atoms with van der Waals surface area (Å²) in [6, 6.07) is 16.3. The van der Waals surface area contributed by atoms with Crippen molar-refractivity contribution in [3.63, 3.8) is 0 Å². The van der Waals surface area contributed by atoms with E-state index in [-0.39, 0.29) is 43.4 Å². The van der Waals surface area contributed by atoms with Gasteiger partial charge in [-0.3, -0.25) is 9.59 Å². The second kappa shape index (κ2) is 8.54. The highest BCUT2D eigenvalue weighted by Gasteiger charge is 2.54. The van der Waals surface area contributed by atoms with Gasteiger partial charge in [0, 0.05) is 37.4 Å². The molecule has 2 N–H and O–H groups in total. The second-order valence-electron chi connectivity index (χ2n) is 9.38. The number of amides is 2. The number of nitrogens with zero attached hydrogens (tertiary/aromatic N) is 1. The molecule has 1 saturated carbocycles. The zero-order valence-corrected chi connectivity index (χ0v) is 18.5. The molecule has 2 fully saturated rings. The van der Waals surface area contributed by atoms with E-state index in [9.17, 15) is 19.5 Å². The molecule has 7 heteroatoms. The lowest BCUT2D eigenvalue weighted by Crippen LogP contribution is -2.41. The van der Waals surface area contributed by atoms with Crippen LogP contribution in [0.5, 0.6) is 0 Å². The fourth-order valence-corrected chi connectivity index (χ4v) is 5.72. The van der Waals surface area contributed by atoms with E-state index in [2.05, 4.69) is 29.6 Å². The first-order valence-electron chi connectivity index (χ1n) is 11.6. The quantitative estimate of drug-likeness (QED) is 0.704. The highest BCUT2D eigenvalue weighted by atomic mass is 16.5. The number of rotatable bonds is 6. The molecule has 3 aliphatic rings. The first-order valence-corrected chi connectivity index (χ1v) is 11.6. The van der Waals surface area contributed by atoms with Crippen molar-refractivity contribution in [2.75, 3.05) is 26.2 Å². The highest BCUT2D eigenvalue weighted by Crippen LogP contribution is 2.51. The molecule has 0 bridgehead atoms. The van der Waals surface area contributed by atoms with Crippen LogP contribution in [-0.4, -0.2) is 54.2 Å². The lowest BCUT2D eigenvalue weighted by Gasteiger charge is -2.40. The minimum Gasteiger partial charge on any atom is -0.481 e. The van der Waals surface area contributed by atoms with E-state index in [0.29, 0.717) is 6.54 Å². The monoisotopic (exact) mass is 448 g/mol. The molecule has 1 heterocycles. The zero-order chi connectivity index (χ0) is 23.0. The predicted molar refractivity (Wildman–Crippen MR) is 122 cm³/mol. The molecule has 1 spiro atoms. The van der Waals surface area contributed by atoms with Crippen molar-refractivity contribution in [2.45, 2.75) is 31.6 Å². The van der Waals surface area contributed by atoms with Crippen LogP contribution in [0.4, 0.5) is 4.79 Å². The number of hydrogen-bond donors (Lipinski definition) is 2. The Morgan fingerprint density at radius 2 is 1.67 bits per heavy atom. The van der Waals surface area contributed by atoms with E-state index in [0.717, 1.165) is 30.4 Å². The maximum Gasteiger partial charge on any atom is 0.407 e. The normalized spacial score (nSPS) is 20.1. The number of nitrogens with one attached hydrogen (secondary N) is 1. The Bertz CT molecular complexity index is 1050. The Kier molecular flexibility index (Phi) is 5.56. The fraction of sp³-hybridized carbons (Fsp3) is 0.423. The number of ether oxygens (including phenoxy) is 1. The SMILES string of the molecule is O=C(NCCC(=O)N1CC(C(=O)O)C2(CCC2)C1)OCC1c2ccccc2-c2ccccc21. The van der Waals surface area contributed by atoms with E-state index in [1.165, 1.54) is 11.1 Å². The van der Waals surface area contributed by atoms with Crippen LogP contribution in [0.1, 0.15) is 42.7 Å². The predicted octanol–water partition coefficient (Wildman–Crippen LogP) is 3.63. The van der Waals surface area contributed by atoms with Gasteiger partial charge in [-0.2, -0.15) is 0 Å². The molecule has 5 rings (SSSR count). The number of carbonyl (C=O) groups is 3. The van der Waals surface area contributed by atoms with Gasteiger partial charge in [-0.1, -0.05) is 55.0 Å². The Morgan fingerprint density at radius 3 is 2.21 bits per heavy atom. The number of likely N-dealkylation sites (tertiary alicyclic amines) is 1. The number of fused-ring (bicyclic) bond motifs is 3. The van der Waals surface area contributed by atoms with Crippen molar-refractivity contribution < 1.29 is 24.2 Å². The van der Waals surface area contributed by atoms with Gasteiger partial charge < -0.3 is 20.1 Å². The van der Waals surface area contributed by atoms with Crippen LogP contribution in [0, 0.1) is 11.3 Å². The van der Waals surface area contributed by atoms with E-state index >= 15 is 0 Å². The second-order valence-corrected chi connectivity index (χ2v) is 9.38. The van der Waals surface area contributed by atoms with Crippen LogP contribution in [0.2, 0.25) is 0 Å². The maximum atomic E-state index is 12.6. The number of hydrogen-bond acceptors (Lipinski definition) is 4. The molecule has 2 aromatic carbocycles. The standard InChI is InChI=1S/C26H28N2O5/c29-23(28-14-22(24(30)31)26(16-28)11-5-12-26)10-13-27-25(32)33-15-21-19-8-3-1-6-17(19)18-7-2-4-9-20(18)21/h1-4,6-9,21-22H,5,10-16H2,(H,27,32)(H,30,31). The number of carboxylic acids is 1. The van der Waals surface area contributed by atoms with Crippen molar-refractivity contribution in [2.24, 2.45) is 11.3 Å². The lowest BCUT2D eigenvalue weighted by molar-refractivity contribution is -0.146. The summed E-state index contributed by atoms with van der Waals surface area (Å²) in [5, 5.41) is 12.2. The molecule has 33 heavy (non-hydrogen) atoms. The van der Waals surface area contributed by atoms with Gasteiger partial charge in [-0.15, -0.1) is 0 Å². The van der Waals surface area contributed by atoms with Gasteiger partial charge in [-0.25, -0.2) is 4.79 Å². The fourth-order valence-electron chi connectivity index (χ4n) is 5.72. The Morgan fingerprint density at radius 1 is 1.03 bits per heavy atom. The van der Waals surface area contributed by atoms with Crippen LogP contribution < -0.4 is 5.32 Å². The smallest absolute Gasteiger partial charge is 0.407 e. The summed E-state index contributed by atoms with van der Waals surface area (Å²) in [5.74, 6) is -1.43. The van der Waals surface area contributed by atoms with Gasteiger partial charge in [0.05, 0.1) is 5.92 Å². The van der Waals surface area contributed by atoms with Crippen LogP contribution in [0.25, 0.3) is 11.1 Å². The van der Waals surface area contributed by atoms with Gasteiger partial charge in [0.25, 0.3) is 0 Å². The molecular weight excluding hydrogens is 420 g/mol. The van der Waals surface area contributed by atoms with E-state index in [1.54, 1.807) is 4.90 Å². The molecule has 1 aliphatic heterocycles. The molecule has 0 radical (unpaired) electrons. The Balaban J connectivity index is 1.11. The van der Waals surface area contributed by atoms with Crippen molar-refractivity contribution in [1.82, 2.24) is 10.2 Å². The van der Waals surface area contributed by atoms with Crippen molar-refractivity contribution in [3.05, 3.63) is 59.7 Å². The number of carbonyl (C=O) groups excluding carboxylic acids is 2. The average Bonchev–Trinajstić information content (AvgIpc) is 3.35. The average molecular weight is 449 g/mol. The van der Waals surface area contributed by atoms with Gasteiger partial charge in [0.2, 0.25) is 5.91 Å². The molecule has 2 amide bonds. The maximum absolute atomic E-state index is 12.6. The molecular formula is C26H28N2O5. The largest absolute Gasteiger partial charge is 0.481 e. The molecule has 0 aromatic heterocycles. The molecule has 1 atom stereocenters. The first kappa shape index (κ1) is 21.5. The van der Waals surface area contributed by atoms with E-state index in [4.69, 9.17) is 4.74 Å². The Hall–Kier alpha value is -3.35. The topological polar surface area (TPSA) is 95.9 Å². The minimum absolute atomic E-state index is 0.0130. The third-order valence-electron chi connectivity index (χ3n) is 7.60. The Labute approximate surface area is 192 Å². The third kappa shape index (κ3) is 3.86. The van der Waals surface area contributed by atoms with Crippen molar-refractivity contribution >= 4 is 18.0 Å². The zero-order valence-electron chi connectivity index (χ0n) is 18.5. The summed E-state index contributed by atoms with van der Waals surface area (Å²) in [5.41, 5.74) is 4.38. The molecule has 1 unspecified atom stereocenters. The number of carboxylic acid groups (broad SMARTS) is 1.